The van der Waals surface area contributed by atoms with Crippen LogP contribution < -0.4 is 5.32 Å². The third-order valence-corrected chi connectivity index (χ3v) is 2.28. The van der Waals surface area contributed by atoms with Gasteiger partial charge in [0, 0.05) is 25.9 Å². The van der Waals surface area contributed by atoms with Gasteiger partial charge in [-0.05, 0) is 18.1 Å². The Bertz CT molecular complexity index is 291. The molecule has 0 aliphatic carbocycles. The predicted octanol–water partition coefficient (Wildman–Crippen LogP) is 1.86. The van der Waals surface area contributed by atoms with Crippen LogP contribution in [0, 0.1) is 5.92 Å². The molecule has 4 heteroatoms. The molecule has 1 aromatic rings. The van der Waals surface area contributed by atoms with Crippen LogP contribution in [0.25, 0.3) is 0 Å². The van der Waals surface area contributed by atoms with Gasteiger partial charge in [0.1, 0.15) is 0 Å². The maximum atomic E-state index is 5.45. The molecular weight excluding hydrogens is 228 g/mol. The monoisotopic (exact) mass is 252 g/mol. The number of nitrogens with one attached hydrogen (secondary N) is 1. The van der Waals surface area contributed by atoms with Crippen LogP contribution in [-0.4, -0.2) is 38.0 Å². The molecule has 0 radical (unpaired) electrons. The van der Waals surface area contributed by atoms with E-state index in [1.54, 1.807) is 6.20 Å². The van der Waals surface area contributed by atoms with Crippen molar-refractivity contribution in [1.29, 1.82) is 0 Å². The Morgan fingerprint density at radius 2 is 2.00 bits per heavy atom. The molecule has 1 rings (SSSR count). The van der Waals surface area contributed by atoms with E-state index < -0.39 is 0 Å². The van der Waals surface area contributed by atoms with Crippen molar-refractivity contribution < 1.29 is 9.47 Å². The van der Waals surface area contributed by atoms with Crippen LogP contribution in [-0.2, 0) is 16.0 Å². The van der Waals surface area contributed by atoms with Crippen LogP contribution in [0.1, 0.15) is 19.5 Å². The van der Waals surface area contributed by atoms with Gasteiger partial charge in [0.15, 0.2) is 0 Å². The summed E-state index contributed by atoms with van der Waals surface area (Å²) < 4.78 is 10.9. The van der Waals surface area contributed by atoms with E-state index >= 15 is 0 Å². The lowest BCUT2D eigenvalue weighted by molar-refractivity contribution is 0.0387. The first-order chi connectivity index (χ1) is 8.79. The van der Waals surface area contributed by atoms with Gasteiger partial charge in [-0.15, -0.1) is 0 Å². The largest absolute Gasteiger partial charge is 0.379 e. The number of ether oxygens (including phenoxy) is 2. The molecule has 0 saturated carbocycles. The fraction of sp³-hybridized carbons (Fsp3) is 0.643. The quantitative estimate of drug-likeness (QED) is 0.646. The van der Waals surface area contributed by atoms with Crippen LogP contribution in [0.5, 0.6) is 0 Å². The van der Waals surface area contributed by atoms with Gasteiger partial charge in [-0.1, -0.05) is 19.9 Å². The molecule has 0 aliphatic rings. The van der Waals surface area contributed by atoms with Gasteiger partial charge in [0.2, 0.25) is 0 Å². The number of nitrogens with zero attached hydrogens (tertiary/aromatic N) is 1. The number of rotatable bonds is 10. The summed E-state index contributed by atoms with van der Waals surface area (Å²) in [5.74, 6) is 0.588. The van der Waals surface area contributed by atoms with Gasteiger partial charge in [-0.3, -0.25) is 4.98 Å². The minimum Gasteiger partial charge on any atom is -0.379 e. The van der Waals surface area contributed by atoms with Crippen molar-refractivity contribution in [1.82, 2.24) is 10.3 Å². The lowest BCUT2D eigenvalue weighted by Gasteiger charge is -2.08. The van der Waals surface area contributed by atoms with Gasteiger partial charge >= 0.3 is 0 Å². The van der Waals surface area contributed by atoms with Crippen molar-refractivity contribution >= 4 is 0 Å². The Morgan fingerprint density at radius 3 is 2.72 bits per heavy atom. The molecule has 0 bridgehead atoms. The van der Waals surface area contributed by atoms with Crippen molar-refractivity contribution in [3.63, 3.8) is 0 Å². The standard InChI is InChI=1S/C14H24N2O2/c1-13(2)12-18-10-9-17-8-7-15-11-14-5-3-4-6-16-14/h3-6,13,15H,7-12H2,1-2H3. The number of hydrogen-bond donors (Lipinski definition) is 1. The van der Waals surface area contributed by atoms with Gasteiger partial charge in [0.25, 0.3) is 0 Å². The molecule has 1 heterocycles. The molecule has 0 aromatic carbocycles. The highest BCUT2D eigenvalue weighted by Gasteiger charge is 1.95. The molecule has 0 saturated heterocycles. The Hall–Kier alpha value is -0.970. The molecule has 1 N–H and O–H groups in total. The van der Waals surface area contributed by atoms with E-state index in [0.29, 0.717) is 25.7 Å². The lowest BCUT2D eigenvalue weighted by Crippen LogP contribution is -2.20. The Balaban J connectivity index is 1.84. The highest BCUT2D eigenvalue weighted by atomic mass is 16.5. The summed E-state index contributed by atoms with van der Waals surface area (Å²) in [6.45, 7) is 8.76. The third-order valence-electron chi connectivity index (χ3n) is 2.28. The first-order valence-electron chi connectivity index (χ1n) is 6.55. The Kier molecular flexibility index (Phi) is 8.38. The second-order valence-electron chi connectivity index (χ2n) is 4.58. The van der Waals surface area contributed by atoms with E-state index in [1.165, 1.54) is 0 Å². The highest BCUT2D eigenvalue weighted by molar-refractivity contribution is 5.02. The molecule has 18 heavy (non-hydrogen) atoms. The molecule has 0 unspecified atom stereocenters. The first-order valence-corrected chi connectivity index (χ1v) is 6.55. The van der Waals surface area contributed by atoms with Crippen molar-refractivity contribution in [2.75, 3.05) is 33.0 Å². The molecule has 0 spiro atoms. The van der Waals surface area contributed by atoms with Gasteiger partial charge in [0.05, 0.1) is 25.5 Å². The van der Waals surface area contributed by atoms with Crippen molar-refractivity contribution in [3.05, 3.63) is 30.1 Å². The first kappa shape index (κ1) is 15.1. The maximum Gasteiger partial charge on any atom is 0.0701 e. The molecule has 4 nitrogen and oxygen atoms in total. The Morgan fingerprint density at radius 1 is 1.17 bits per heavy atom. The van der Waals surface area contributed by atoms with Gasteiger partial charge in [-0.2, -0.15) is 0 Å². The summed E-state index contributed by atoms with van der Waals surface area (Å²) in [6, 6.07) is 5.92. The minimum atomic E-state index is 0.588. The van der Waals surface area contributed by atoms with E-state index in [0.717, 1.165) is 25.4 Å². The number of hydrogen-bond acceptors (Lipinski definition) is 4. The van der Waals surface area contributed by atoms with Gasteiger partial charge in [-0.25, -0.2) is 0 Å². The second kappa shape index (κ2) is 10.00. The predicted molar refractivity (Wildman–Crippen MR) is 72.4 cm³/mol. The fourth-order valence-electron chi connectivity index (χ4n) is 1.40. The zero-order valence-electron chi connectivity index (χ0n) is 11.4. The molecule has 0 aliphatic heterocycles. The topological polar surface area (TPSA) is 43.4 Å². The van der Waals surface area contributed by atoms with E-state index in [1.807, 2.05) is 18.2 Å². The summed E-state index contributed by atoms with van der Waals surface area (Å²) in [6.07, 6.45) is 1.81. The van der Waals surface area contributed by atoms with Crippen LogP contribution >= 0.6 is 0 Å². The summed E-state index contributed by atoms with van der Waals surface area (Å²) in [7, 11) is 0. The van der Waals surface area contributed by atoms with Crippen molar-refractivity contribution in [3.8, 4) is 0 Å². The summed E-state index contributed by atoms with van der Waals surface area (Å²) in [5.41, 5.74) is 1.05. The Labute approximate surface area is 110 Å². The van der Waals surface area contributed by atoms with Gasteiger partial charge < -0.3 is 14.8 Å². The average Bonchev–Trinajstić information content (AvgIpc) is 2.37. The van der Waals surface area contributed by atoms with E-state index in [2.05, 4.69) is 24.1 Å². The molecule has 102 valence electrons. The third kappa shape index (κ3) is 8.17. The second-order valence-corrected chi connectivity index (χ2v) is 4.58. The van der Waals surface area contributed by atoms with Crippen LogP contribution in [0.15, 0.2) is 24.4 Å². The van der Waals surface area contributed by atoms with E-state index in [-0.39, 0.29) is 0 Å². The SMILES string of the molecule is CC(C)COCCOCCNCc1ccccn1. The summed E-state index contributed by atoms with van der Waals surface area (Å²) in [4.78, 5) is 4.23. The maximum absolute atomic E-state index is 5.45. The fourth-order valence-corrected chi connectivity index (χ4v) is 1.40. The summed E-state index contributed by atoms with van der Waals surface area (Å²) >= 11 is 0. The van der Waals surface area contributed by atoms with Crippen molar-refractivity contribution in [2.24, 2.45) is 5.92 Å². The van der Waals surface area contributed by atoms with Crippen LogP contribution in [0.2, 0.25) is 0 Å². The van der Waals surface area contributed by atoms with Crippen LogP contribution in [0.4, 0.5) is 0 Å². The van der Waals surface area contributed by atoms with Crippen molar-refractivity contribution in [2.45, 2.75) is 20.4 Å². The smallest absolute Gasteiger partial charge is 0.0701 e. The normalized spacial score (nSPS) is 11.1. The zero-order chi connectivity index (χ0) is 13.1. The molecule has 1 aromatic heterocycles. The number of pyridine rings is 1. The molecule has 0 atom stereocenters. The average molecular weight is 252 g/mol. The molecular formula is C14H24N2O2. The molecule has 0 fully saturated rings. The lowest BCUT2D eigenvalue weighted by atomic mass is 10.2. The number of aromatic nitrogens is 1. The van der Waals surface area contributed by atoms with E-state index in [9.17, 15) is 0 Å². The van der Waals surface area contributed by atoms with E-state index in [4.69, 9.17) is 9.47 Å². The minimum absolute atomic E-state index is 0.588. The molecule has 0 amide bonds. The van der Waals surface area contributed by atoms with Crippen LogP contribution in [0.3, 0.4) is 0 Å². The zero-order valence-corrected chi connectivity index (χ0v) is 11.4. The summed E-state index contributed by atoms with van der Waals surface area (Å²) in [5, 5.41) is 3.28. The highest BCUT2D eigenvalue weighted by Crippen LogP contribution is 1.92.